The summed E-state index contributed by atoms with van der Waals surface area (Å²) in [7, 11) is -2.57. The van der Waals surface area contributed by atoms with Gasteiger partial charge in [0.2, 0.25) is 10.0 Å². The normalized spacial score (nSPS) is 20.0. The number of sulfonamides is 1. The molecule has 0 spiro atoms. The summed E-state index contributed by atoms with van der Waals surface area (Å²) < 4.78 is 59.8. The van der Waals surface area contributed by atoms with Crippen LogP contribution >= 0.6 is 15.9 Å². The van der Waals surface area contributed by atoms with Gasteiger partial charge in [-0.05, 0) is 54.4 Å². The minimum Gasteiger partial charge on any atom is -0.497 e. The van der Waals surface area contributed by atoms with E-state index in [1.807, 2.05) is 6.07 Å². The first-order chi connectivity index (χ1) is 13.7. The molecule has 3 rings (SSSR count). The van der Waals surface area contributed by atoms with Crippen LogP contribution in [0.15, 0.2) is 51.8 Å². The number of halogens is 3. The summed E-state index contributed by atoms with van der Waals surface area (Å²) in [5.41, 5.74) is 0.840. The minimum atomic E-state index is -4.10. The van der Waals surface area contributed by atoms with Gasteiger partial charge in [0.25, 0.3) is 0 Å². The second-order valence-electron chi connectivity index (χ2n) is 6.84. The zero-order chi connectivity index (χ0) is 21.2. The Bertz CT molecular complexity index is 998. The minimum absolute atomic E-state index is 0.0619. The number of methoxy groups -OCH3 is 1. The van der Waals surface area contributed by atoms with E-state index in [2.05, 4.69) is 15.9 Å². The second-order valence-corrected chi connectivity index (χ2v) is 9.65. The third kappa shape index (κ3) is 5.02. The van der Waals surface area contributed by atoms with E-state index in [1.54, 1.807) is 12.1 Å². The van der Waals surface area contributed by atoms with Crippen molar-refractivity contribution in [1.29, 1.82) is 0 Å². The molecule has 9 heteroatoms. The van der Waals surface area contributed by atoms with Crippen LogP contribution in [0.5, 0.6) is 5.75 Å². The van der Waals surface area contributed by atoms with Crippen LogP contribution in [0.3, 0.4) is 0 Å². The average Bonchev–Trinajstić information content (AvgIpc) is 3.08. The van der Waals surface area contributed by atoms with Crippen molar-refractivity contribution in [2.75, 3.05) is 13.7 Å². The van der Waals surface area contributed by atoms with Crippen molar-refractivity contribution in [1.82, 2.24) is 4.31 Å². The molecule has 1 heterocycles. The van der Waals surface area contributed by atoms with Crippen LogP contribution in [0, 0.1) is 5.82 Å². The molecule has 0 bridgehead atoms. The molecule has 0 radical (unpaired) electrons. The van der Waals surface area contributed by atoms with E-state index >= 15 is 0 Å². The maximum absolute atomic E-state index is 14.1. The Morgan fingerprint density at radius 2 is 1.93 bits per heavy atom. The average molecular weight is 488 g/mol. The van der Waals surface area contributed by atoms with Crippen LogP contribution in [0.25, 0.3) is 0 Å². The van der Waals surface area contributed by atoms with Gasteiger partial charge in [0.05, 0.1) is 18.0 Å². The van der Waals surface area contributed by atoms with Crippen LogP contribution in [-0.4, -0.2) is 44.4 Å². The Labute approximate surface area is 176 Å². The van der Waals surface area contributed by atoms with E-state index in [9.17, 15) is 22.0 Å². The monoisotopic (exact) mass is 487 g/mol. The van der Waals surface area contributed by atoms with Gasteiger partial charge < -0.3 is 4.74 Å². The predicted molar refractivity (Wildman–Crippen MR) is 108 cm³/mol. The van der Waals surface area contributed by atoms with Crippen molar-refractivity contribution in [2.45, 2.75) is 36.4 Å². The highest BCUT2D eigenvalue weighted by atomic mass is 79.9. The number of carbonyl (C=O) groups is 1. The third-order valence-electron chi connectivity index (χ3n) is 4.82. The van der Waals surface area contributed by atoms with E-state index in [1.165, 1.54) is 7.11 Å². The van der Waals surface area contributed by atoms with Crippen molar-refractivity contribution in [3.05, 3.63) is 58.3 Å². The quantitative estimate of drug-likeness (QED) is 0.593. The fourth-order valence-corrected chi connectivity index (χ4v) is 5.54. The largest absolute Gasteiger partial charge is 0.497 e. The van der Waals surface area contributed by atoms with Gasteiger partial charge in [-0.1, -0.05) is 15.9 Å². The lowest BCUT2D eigenvalue weighted by Crippen LogP contribution is -2.40. The van der Waals surface area contributed by atoms with Gasteiger partial charge in [-0.3, -0.25) is 4.79 Å². The first-order valence-electron chi connectivity index (χ1n) is 8.98. The number of hydrogen-bond acceptors (Lipinski definition) is 4. The van der Waals surface area contributed by atoms with Gasteiger partial charge in [0.1, 0.15) is 17.7 Å². The number of benzene rings is 2. The molecule has 1 saturated heterocycles. The number of hydrogen-bond donors (Lipinski definition) is 0. The summed E-state index contributed by atoms with van der Waals surface area (Å²) in [5, 5.41) is 0. The van der Waals surface area contributed by atoms with Gasteiger partial charge in [-0.15, -0.1) is 0 Å². The highest BCUT2D eigenvalue weighted by Crippen LogP contribution is 2.30. The fraction of sp³-hybridized carbons (Fsp3) is 0.350. The summed E-state index contributed by atoms with van der Waals surface area (Å²) >= 11 is 3.37. The molecule has 0 aromatic heterocycles. The number of Topliss-reactive ketones (excluding diaryl/α,β-unsaturated/α-hetero) is 1. The molecule has 2 atom stereocenters. The molecule has 1 aliphatic heterocycles. The van der Waals surface area contributed by atoms with Crippen molar-refractivity contribution in [2.24, 2.45) is 0 Å². The predicted octanol–water partition coefficient (Wildman–Crippen LogP) is 3.90. The van der Waals surface area contributed by atoms with E-state index in [0.717, 1.165) is 38.6 Å². The SMILES string of the molecule is COc1cc(Br)cc(CCC(=O)[C@@H]2C[C@@H](F)CN2S(=O)(=O)c2ccc(F)cc2)c1. The van der Waals surface area contributed by atoms with Crippen LogP contribution in [0.2, 0.25) is 0 Å². The van der Waals surface area contributed by atoms with E-state index in [0.29, 0.717) is 12.2 Å². The van der Waals surface area contributed by atoms with E-state index in [-0.39, 0.29) is 30.1 Å². The summed E-state index contributed by atoms with van der Waals surface area (Å²) in [5.74, 6) is -0.298. The molecule has 2 aromatic carbocycles. The van der Waals surface area contributed by atoms with Gasteiger partial charge >= 0.3 is 0 Å². The number of carbonyl (C=O) groups excluding carboxylic acids is 1. The summed E-state index contributed by atoms with van der Waals surface area (Å²) in [6, 6.07) is 8.62. The molecule has 5 nitrogen and oxygen atoms in total. The van der Waals surface area contributed by atoms with Gasteiger partial charge in [0, 0.05) is 23.9 Å². The lowest BCUT2D eigenvalue weighted by atomic mass is 10.0. The van der Waals surface area contributed by atoms with Crippen molar-refractivity contribution in [3.63, 3.8) is 0 Å². The Morgan fingerprint density at radius 3 is 2.59 bits per heavy atom. The molecule has 1 fully saturated rings. The lowest BCUT2D eigenvalue weighted by molar-refractivity contribution is -0.122. The molecule has 0 amide bonds. The highest BCUT2D eigenvalue weighted by Gasteiger charge is 2.43. The Hall–Kier alpha value is -1.84. The molecule has 0 unspecified atom stereocenters. The van der Waals surface area contributed by atoms with Crippen molar-refractivity contribution in [3.8, 4) is 5.75 Å². The zero-order valence-corrected chi connectivity index (χ0v) is 18.0. The van der Waals surface area contributed by atoms with Crippen LogP contribution in [0.4, 0.5) is 8.78 Å². The second kappa shape index (κ2) is 8.89. The van der Waals surface area contributed by atoms with Gasteiger partial charge in [-0.2, -0.15) is 4.31 Å². The molecular weight excluding hydrogens is 468 g/mol. The van der Waals surface area contributed by atoms with Crippen molar-refractivity contribution >= 4 is 31.7 Å². The number of ether oxygens (including phenoxy) is 1. The number of rotatable bonds is 7. The maximum atomic E-state index is 14.1. The number of aryl methyl sites for hydroxylation is 1. The number of alkyl halides is 1. The van der Waals surface area contributed by atoms with Crippen LogP contribution in [-0.2, 0) is 21.2 Å². The molecule has 0 saturated carbocycles. The Morgan fingerprint density at radius 1 is 1.24 bits per heavy atom. The summed E-state index contributed by atoms with van der Waals surface area (Å²) in [4.78, 5) is 12.6. The van der Waals surface area contributed by atoms with E-state index < -0.39 is 28.1 Å². The lowest BCUT2D eigenvalue weighted by Gasteiger charge is -2.23. The van der Waals surface area contributed by atoms with Crippen LogP contribution in [0.1, 0.15) is 18.4 Å². The smallest absolute Gasteiger partial charge is 0.243 e. The highest BCUT2D eigenvalue weighted by molar-refractivity contribution is 9.10. The first-order valence-corrected chi connectivity index (χ1v) is 11.2. The Kier molecular flexibility index (Phi) is 6.70. The summed E-state index contributed by atoms with van der Waals surface area (Å²) in [6.45, 7) is -0.388. The molecular formula is C20H20BrF2NO4S. The maximum Gasteiger partial charge on any atom is 0.243 e. The molecule has 1 aliphatic rings. The standard InChI is InChI=1S/C20H20BrF2NO4S/c1-28-17-9-13(8-14(21)10-17)2-7-20(25)19-11-16(23)12-24(19)29(26,27)18-5-3-15(22)4-6-18/h3-6,8-10,16,19H,2,7,11-12H2,1H3/t16-,19+/m1/s1. The van der Waals surface area contributed by atoms with Gasteiger partial charge in [-0.25, -0.2) is 17.2 Å². The Balaban J connectivity index is 1.76. The first kappa shape index (κ1) is 21.9. The number of nitrogens with zero attached hydrogens (tertiary/aromatic N) is 1. The fourth-order valence-electron chi connectivity index (χ4n) is 3.37. The molecule has 0 aliphatic carbocycles. The van der Waals surface area contributed by atoms with E-state index in [4.69, 9.17) is 4.74 Å². The molecule has 2 aromatic rings. The van der Waals surface area contributed by atoms with Crippen LogP contribution < -0.4 is 4.74 Å². The summed E-state index contributed by atoms with van der Waals surface area (Å²) in [6.07, 6.45) is -1.18. The molecule has 0 N–H and O–H groups in total. The zero-order valence-electron chi connectivity index (χ0n) is 15.6. The third-order valence-corrected chi connectivity index (χ3v) is 7.17. The van der Waals surface area contributed by atoms with Crippen molar-refractivity contribution < 1.29 is 26.7 Å². The molecule has 29 heavy (non-hydrogen) atoms. The number of ketones is 1. The van der Waals surface area contributed by atoms with Gasteiger partial charge in [0.15, 0.2) is 5.78 Å². The topological polar surface area (TPSA) is 63.7 Å². The molecule has 156 valence electrons.